The van der Waals surface area contributed by atoms with Crippen molar-refractivity contribution < 1.29 is 13.9 Å². The lowest BCUT2D eigenvalue weighted by molar-refractivity contribution is 0.0515. The topological polar surface area (TPSA) is 55.0 Å². The first kappa shape index (κ1) is 13.6. The standard InChI is InChI=1S/C13H13FN2O2S/c1-3-18-13(17)11-12(8(2)15-16-11)19-10-6-4-9(14)5-7-10/h4-7H,3H2,1-2H3,(H,15,16). The van der Waals surface area contributed by atoms with Crippen LogP contribution in [-0.4, -0.2) is 22.8 Å². The molecular formula is C13H13FN2O2S. The summed E-state index contributed by atoms with van der Waals surface area (Å²) in [5.74, 6) is -0.754. The van der Waals surface area contributed by atoms with Crippen LogP contribution in [-0.2, 0) is 4.74 Å². The van der Waals surface area contributed by atoms with Gasteiger partial charge in [0.25, 0.3) is 0 Å². The van der Waals surface area contributed by atoms with Crippen molar-refractivity contribution in [1.29, 1.82) is 0 Å². The molecule has 0 spiro atoms. The minimum atomic E-state index is -0.462. The number of nitrogens with zero attached hydrogens (tertiary/aromatic N) is 1. The maximum absolute atomic E-state index is 12.9. The van der Waals surface area contributed by atoms with E-state index < -0.39 is 5.97 Å². The number of halogens is 1. The first-order chi connectivity index (χ1) is 9.11. The SMILES string of the molecule is CCOC(=O)c1n[nH]c(C)c1Sc1ccc(F)cc1. The van der Waals surface area contributed by atoms with Gasteiger partial charge in [0.15, 0.2) is 5.69 Å². The Kier molecular flexibility index (Phi) is 4.21. The summed E-state index contributed by atoms with van der Waals surface area (Å²) >= 11 is 1.35. The molecule has 100 valence electrons. The van der Waals surface area contributed by atoms with Gasteiger partial charge in [0.1, 0.15) is 5.82 Å². The van der Waals surface area contributed by atoms with Crippen LogP contribution in [0.25, 0.3) is 0 Å². The number of aromatic amines is 1. The summed E-state index contributed by atoms with van der Waals surface area (Å²) in [6.07, 6.45) is 0. The summed E-state index contributed by atoms with van der Waals surface area (Å²) in [5.41, 5.74) is 1.03. The van der Waals surface area contributed by atoms with Crippen molar-refractivity contribution in [2.75, 3.05) is 6.61 Å². The van der Waals surface area contributed by atoms with E-state index in [1.165, 1.54) is 23.9 Å². The largest absolute Gasteiger partial charge is 0.461 e. The van der Waals surface area contributed by atoms with Crippen molar-refractivity contribution in [3.8, 4) is 0 Å². The van der Waals surface area contributed by atoms with Crippen LogP contribution in [0.1, 0.15) is 23.1 Å². The molecule has 1 aromatic carbocycles. The van der Waals surface area contributed by atoms with Gasteiger partial charge in [-0.15, -0.1) is 0 Å². The Balaban J connectivity index is 2.26. The Bertz CT molecular complexity index is 581. The molecule has 0 unspecified atom stereocenters. The lowest BCUT2D eigenvalue weighted by atomic mass is 10.3. The Hall–Kier alpha value is -1.82. The minimum Gasteiger partial charge on any atom is -0.461 e. The van der Waals surface area contributed by atoms with Gasteiger partial charge < -0.3 is 4.74 Å². The molecule has 0 amide bonds. The number of rotatable bonds is 4. The van der Waals surface area contributed by atoms with Gasteiger partial charge in [-0.3, -0.25) is 5.10 Å². The molecule has 0 aliphatic carbocycles. The lowest BCUT2D eigenvalue weighted by Gasteiger charge is -2.03. The molecule has 6 heteroatoms. The molecule has 0 fully saturated rings. The third-order valence-electron chi connectivity index (χ3n) is 2.39. The van der Waals surface area contributed by atoms with E-state index in [0.717, 1.165) is 10.6 Å². The normalized spacial score (nSPS) is 10.5. The van der Waals surface area contributed by atoms with Crippen LogP contribution in [0.5, 0.6) is 0 Å². The number of hydrogen-bond donors (Lipinski definition) is 1. The van der Waals surface area contributed by atoms with Gasteiger partial charge in [-0.25, -0.2) is 9.18 Å². The number of aryl methyl sites for hydroxylation is 1. The van der Waals surface area contributed by atoms with Gasteiger partial charge in [-0.1, -0.05) is 11.8 Å². The summed E-state index contributed by atoms with van der Waals surface area (Å²) in [6, 6.07) is 6.06. The first-order valence-corrected chi connectivity index (χ1v) is 6.59. The lowest BCUT2D eigenvalue weighted by Crippen LogP contribution is -2.06. The summed E-state index contributed by atoms with van der Waals surface area (Å²) in [5, 5.41) is 6.72. The van der Waals surface area contributed by atoms with Crippen LogP contribution >= 0.6 is 11.8 Å². The zero-order valence-corrected chi connectivity index (χ0v) is 11.4. The van der Waals surface area contributed by atoms with Gasteiger partial charge >= 0.3 is 5.97 Å². The highest BCUT2D eigenvalue weighted by Crippen LogP contribution is 2.32. The number of hydrogen-bond acceptors (Lipinski definition) is 4. The van der Waals surface area contributed by atoms with E-state index in [4.69, 9.17) is 4.74 Å². The molecule has 2 rings (SSSR count). The number of benzene rings is 1. The zero-order valence-electron chi connectivity index (χ0n) is 10.6. The first-order valence-electron chi connectivity index (χ1n) is 5.77. The Morgan fingerprint density at radius 3 is 2.74 bits per heavy atom. The number of esters is 1. The molecule has 0 aliphatic heterocycles. The zero-order chi connectivity index (χ0) is 13.8. The molecule has 2 aromatic rings. The van der Waals surface area contributed by atoms with Gasteiger partial charge in [-0.2, -0.15) is 5.10 Å². The number of carbonyl (C=O) groups is 1. The summed E-state index contributed by atoms with van der Waals surface area (Å²) in [6.45, 7) is 3.86. The highest BCUT2D eigenvalue weighted by Gasteiger charge is 2.19. The Labute approximate surface area is 114 Å². The average molecular weight is 280 g/mol. The van der Waals surface area contributed by atoms with Crippen molar-refractivity contribution in [3.05, 3.63) is 41.5 Å². The molecule has 4 nitrogen and oxygen atoms in total. The molecule has 1 aromatic heterocycles. The van der Waals surface area contributed by atoms with E-state index in [-0.39, 0.29) is 11.5 Å². The number of H-pyrrole nitrogens is 1. The molecule has 0 radical (unpaired) electrons. The quantitative estimate of drug-likeness (QED) is 0.874. The highest BCUT2D eigenvalue weighted by atomic mass is 32.2. The number of ether oxygens (including phenoxy) is 1. The molecular weight excluding hydrogens is 267 g/mol. The smallest absolute Gasteiger partial charge is 0.360 e. The molecule has 0 saturated carbocycles. The fourth-order valence-corrected chi connectivity index (χ4v) is 2.43. The number of nitrogens with one attached hydrogen (secondary N) is 1. The van der Waals surface area contributed by atoms with E-state index in [0.29, 0.717) is 11.5 Å². The molecule has 1 heterocycles. The fourth-order valence-electron chi connectivity index (χ4n) is 1.50. The Morgan fingerprint density at radius 2 is 2.11 bits per heavy atom. The summed E-state index contributed by atoms with van der Waals surface area (Å²) in [7, 11) is 0. The van der Waals surface area contributed by atoms with E-state index in [1.54, 1.807) is 19.1 Å². The second-order valence-electron chi connectivity index (χ2n) is 3.80. The van der Waals surface area contributed by atoms with Gasteiger partial charge in [0.05, 0.1) is 11.5 Å². The summed E-state index contributed by atoms with van der Waals surface area (Å²) < 4.78 is 17.8. The van der Waals surface area contributed by atoms with Crippen molar-refractivity contribution in [2.24, 2.45) is 0 Å². The maximum Gasteiger partial charge on any atom is 0.360 e. The highest BCUT2D eigenvalue weighted by molar-refractivity contribution is 7.99. The van der Waals surface area contributed by atoms with E-state index in [9.17, 15) is 9.18 Å². The van der Waals surface area contributed by atoms with E-state index in [1.807, 2.05) is 6.92 Å². The number of carbonyl (C=O) groups excluding carboxylic acids is 1. The molecule has 0 atom stereocenters. The average Bonchev–Trinajstić information content (AvgIpc) is 2.74. The van der Waals surface area contributed by atoms with Crippen LogP contribution in [0, 0.1) is 12.7 Å². The second kappa shape index (κ2) is 5.88. The fraction of sp³-hybridized carbons (Fsp3) is 0.231. The van der Waals surface area contributed by atoms with Crippen molar-refractivity contribution >= 4 is 17.7 Å². The Morgan fingerprint density at radius 1 is 1.42 bits per heavy atom. The second-order valence-corrected chi connectivity index (χ2v) is 4.89. The third kappa shape index (κ3) is 3.14. The maximum atomic E-state index is 12.9. The van der Waals surface area contributed by atoms with Crippen molar-refractivity contribution in [2.45, 2.75) is 23.6 Å². The molecule has 0 bridgehead atoms. The van der Waals surface area contributed by atoms with Crippen molar-refractivity contribution in [3.63, 3.8) is 0 Å². The monoisotopic (exact) mass is 280 g/mol. The molecule has 0 saturated heterocycles. The predicted octanol–water partition coefficient (Wildman–Crippen LogP) is 3.19. The van der Waals surface area contributed by atoms with Crippen LogP contribution in [0.15, 0.2) is 34.1 Å². The van der Waals surface area contributed by atoms with Gasteiger partial charge in [0.2, 0.25) is 0 Å². The van der Waals surface area contributed by atoms with Crippen LogP contribution in [0.3, 0.4) is 0 Å². The predicted molar refractivity (Wildman–Crippen MR) is 69.8 cm³/mol. The summed E-state index contributed by atoms with van der Waals surface area (Å²) in [4.78, 5) is 13.3. The van der Waals surface area contributed by atoms with Gasteiger partial charge in [-0.05, 0) is 38.1 Å². The van der Waals surface area contributed by atoms with E-state index >= 15 is 0 Å². The van der Waals surface area contributed by atoms with E-state index in [2.05, 4.69) is 10.2 Å². The van der Waals surface area contributed by atoms with Gasteiger partial charge in [0, 0.05) is 10.6 Å². The van der Waals surface area contributed by atoms with Crippen molar-refractivity contribution in [1.82, 2.24) is 10.2 Å². The third-order valence-corrected chi connectivity index (χ3v) is 3.60. The van der Waals surface area contributed by atoms with Crippen LogP contribution in [0.4, 0.5) is 4.39 Å². The van der Waals surface area contributed by atoms with Crippen LogP contribution < -0.4 is 0 Å². The molecule has 0 aliphatic rings. The minimum absolute atomic E-state index is 0.258. The molecule has 19 heavy (non-hydrogen) atoms. The number of aromatic nitrogens is 2. The molecule has 1 N–H and O–H groups in total. The van der Waals surface area contributed by atoms with Crippen LogP contribution in [0.2, 0.25) is 0 Å².